The van der Waals surface area contributed by atoms with Crippen molar-refractivity contribution in [3.05, 3.63) is 75.4 Å². The van der Waals surface area contributed by atoms with Crippen LogP contribution in [-0.4, -0.2) is 13.3 Å². The molecule has 0 bridgehead atoms. The molecule has 1 heterocycles. The van der Waals surface area contributed by atoms with Crippen LogP contribution in [0.2, 0.25) is 0 Å². The second-order valence-corrected chi connectivity index (χ2v) is 6.63. The average Bonchev–Trinajstić information content (AvgIpc) is 2.65. The molecule has 0 aliphatic heterocycles. The van der Waals surface area contributed by atoms with Gasteiger partial charge in [-0.25, -0.2) is 4.39 Å². The van der Waals surface area contributed by atoms with E-state index in [0.717, 1.165) is 11.1 Å². The van der Waals surface area contributed by atoms with E-state index in [1.54, 1.807) is 13.0 Å². The number of rotatable bonds is 7. The number of alkyl halides is 1. The van der Waals surface area contributed by atoms with E-state index in [0.29, 0.717) is 34.0 Å². The smallest absolute Gasteiger partial charge is 0.196 e. The lowest BCUT2D eigenvalue weighted by Crippen LogP contribution is -2.06. The highest BCUT2D eigenvalue weighted by Gasteiger charge is 2.11. The molecule has 0 fully saturated rings. The second kappa shape index (κ2) is 8.32. The lowest BCUT2D eigenvalue weighted by molar-refractivity contribution is 0.106. The van der Waals surface area contributed by atoms with Crippen molar-refractivity contribution in [3.63, 3.8) is 0 Å². The van der Waals surface area contributed by atoms with Gasteiger partial charge in [-0.15, -0.1) is 0 Å². The number of fused-ring (bicyclic) bond motifs is 1. The van der Waals surface area contributed by atoms with Crippen molar-refractivity contribution in [1.29, 1.82) is 0 Å². The van der Waals surface area contributed by atoms with E-state index in [1.807, 2.05) is 42.5 Å². The van der Waals surface area contributed by atoms with Crippen LogP contribution < -0.4 is 5.43 Å². The maximum atomic E-state index is 12.4. The SMILES string of the molecule is Cc1c(SCc2ccc(COCC[18F])cc2)oc2ccccc2c1=O. The van der Waals surface area contributed by atoms with Crippen molar-refractivity contribution < 1.29 is 13.5 Å². The minimum Gasteiger partial charge on any atom is -0.449 e. The van der Waals surface area contributed by atoms with Gasteiger partial charge in [0, 0.05) is 11.3 Å². The van der Waals surface area contributed by atoms with Crippen LogP contribution in [0.3, 0.4) is 0 Å². The van der Waals surface area contributed by atoms with Gasteiger partial charge in [0.25, 0.3) is 0 Å². The molecule has 0 atom stereocenters. The van der Waals surface area contributed by atoms with Crippen molar-refractivity contribution in [3.8, 4) is 0 Å². The van der Waals surface area contributed by atoms with E-state index in [9.17, 15) is 9.18 Å². The molecule has 25 heavy (non-hydrogen) atoms. The highest BCUT2D eigenvalue weighted by atomic mass is 32.2. The molecule has 5 heteroatoms. The van der Waals surface area contributed by atoms with E-state index in [2.05, 4.69) is 0 Å². The molecule has 0 radical (unpaired) electrons. The Labute approximate surface area is 149 Å². The van der Waals surface area contributed by atoms with Gasteiger partial charge < -0.3 is 9.15 Å². The number of halogens is 1. The zero-order valence-corrected chi connectivity index (χ0v) is 14.8. The predicted octanol–water partition coefficient (Wildman–Crippen LogP) is 4.88. The molecule has 0 saturated heterocycles. The molecule has 0 spiro atoms. The van der Waals surface area contributed by atoms with Crippen molar-refractivity contribution >= 4 is 22.7 Å². The molecule has 3 aromatic rings. The second-order valence-electron chi connectivity index (χ2n) is 5.69. The van der Waals surface area contributed by atoms with Gasteiger partial charge in [0.2, 0.25) is 0 Å². The molecule has 1 aromatic heterocycles. The number of hydrogen-bond acceptors (Lipinski definition) is 4. The molecule has 0 aliphatic rings. The maximum Gasteiger partial charge on any atom is 0.196 e. The largest absolute Gasteiger partial charge is 0.449 e. The first-order valence-electron chi connectivity index (χ1n) is 8.06. The summed E-state index contributed by atoms with van der Waals surface area (Å²) in [4.78, 5) is 12.4. The third-order valence-electron chi connectivity index (χ3n) is 3.86. The summed E-state index contributed by atoms with van der Waals surface area (Å²) in [5.41, 5.74) is 3.40. The Hall–Kier alpha value is -2.11. The first-order valence-corrected chi connectivity index (χ1v) is 9.04. The van der Waals surface area contributed by atoms with Gasteiger partial charge in [-0.05, 0) is 30.2 Å². The van der Waals surface area contributed by atoms with Gasteiger partial charge in [0.1, 0.15) is 12.3 Å². The summed E-state index contributed by atoms with van der Waals surface area (Å²) >= 11 is 1.51. The van der Waals surface area contributed by atoms with E-state index in [1.165, 1.54) is 11.8 Å². The van der Waals surface area contributed by atoms with Crippen LogP contribution in [0.15, 0.2) is 62.8 Å². The van der Waals surface area contributed by atoms with Crippen LogP contribution in [0.4, 0.5) is 4.39 Å². The fourth-order valence-electron chi connectivity index (χ4n) is 2.48. The fraction of sp³-hybridized carbons (Fsp3) is 0.250. The highest BCUT2D eigenvalue weighted by molar-refractivity contribution is 7.98. The average molecular weight is 357 g/mol. The molecular weight excluding hydrogens is 338 g/mol. The Balaban J connectivity index is 1.70. The molecule has 3 nitrogen and oxygen atoms in total. The van der Waals surface area contributed by atoms with Gasteiger partial charge >= 0.3 is 0 Å². The zero-order chi connectivity index (χ0) is 17.6. The van der Waals surface area contributed by atoms with Gasteiger partial charge in [-0.1, -0.05) is 48.2 Å². The first kappa shape index (κ1) is 17.7. The fourth-order valence-corrected chi connectivity index (χ4v) is 3.43. The van der Waals surface area contributed by atoms with E-state index < -0.39 is 6.67 Å². The first-order chi connectivity index (χ1) is 12.2. The van der Waals surface area contributed by atoms with Crippen molar-refractivity contribution in [2.24, 2.45) is 0 Å². The molecule has 0 saturated carbocycles. The molecule has 2 aromatic carbocycles. The van der Waals surface area contributed by atoms with Crippen LogP contribution in [0.25, 0.3) is 11.0 Å². The lowest BCUT2D eigenvalue weighted by atomic mass is 10.2. The number of benzene rings is 2. The molecule has 0 aliphatic carbocycles. The Morgan fingerprint density at radius 1 is 1.08 bits per heavy atom. The van der Waals surface area contributed by atoms with Gasteiger partial charge in [-0.2, -0.15) is 0 Å². The quantitative estimate of drug-likeness (QED) is 0.446. The molecule has 130 valence electrons. The third kappa shape index (κ3) is 4.30. The lowest BCUT2D eigenvalue weighted by Gasteiger charge is -2.07. The molecule has 0 amide bonds. The summed E-state index contributed by atoms with van der Waals surface area (Å²) in [5.74, 6) is 0.702. The minimum absolute atomic E-state index is 0.0182. The number of para-hydroxylation sites is 1. The monoisotopic (exact) mass is 357 g/mol. The number of ether oxygens (including phenoxy) is 1. The molecule has 0 N–H and O–H groups in total. The van der Waals surface area contributed by atoms with Gasteiger partial charge in [-0.3, -0.25) is 4.79 Å². The zero-order valence-electron chi connectivity index (χ0n) is 14.0. The number of hydrogen-bond donors (Lipinski definition) is 0. The van der Waals surface area contributed by atoms with Crippen LogP contribution in [0, 0.1) is 6.92 Å². The van der Waals surface area contributed by atoms with Crippen molar-refractivity contribution in [2.75, 3.05) is 13.3 Å². The summed E-state index contributed by atoms with van der Waals surface area (Å²) in [6, 6.07) is 15.3. The normalized spacial score (nSPS) is 11.1. The van der Waals surface area contributed by atoms with Gasteiger partial charge in [0.05, 0.1) is 18.6 Å². The van der Waals surface area contributed by atoms with Gasteiger partial charge in [0.15, 0.2) is 10.5 Å². The standard InChI is InChI=1S/C20H19FO3S/c1-14-19(22)17-4-2-3-5-18(17)24-20(14)25-13-16-8-6-15(7-9-16)12-23-11-10-21/h2-9H,10-13H2,1H3/i21-1. The van der Waals surface area contributed by atoms with Crippen molar-refractivity contribution in [1.82, 2.24) is 0 Å². The number of thioether (sulfide) groups is 1. The van der Waals surface area contributed by atoms with E-state index in [-0.39, 0.29) is 12.0 Å². The van der Waals surface area contributed by atoms with E-state index >= 15 is 0 Å². The molecule has 0 unspecified atom stereocenters. The summed E-state index contributed by atoms with van der Waals surface area (Å²) in [6.07, 6.45) is 0. The summed E-state index contributed by atoms with van der Waals surface area (Å²) in [6.45, 7) is 1.87. The minimum atomic E-state index is -0.467. The summed E-state index contributed by atoms with van der Waals surface area (Å²) in [7, 11) is 0. The molecule has 3 rings (SSSR count). The van der Waals surface area contributed by atoms with E-state index in [4.69, 9.17) is 9.15 Å². The maximum absolute atomic E-state index is 12.4. The Morgan fingerprint density at radius 2 is 1.80 bits per heavy atom. The predicted molar refractivity (Wildman–Crippen MR) is 98.9 cm³/mol. The summed E-state index contributed by atoms with van der Waals surface area (Å²) < 4.78 is 23.1. The van der Waals surface area contributed by atoms with Crippen LogP contribution >= 0.6 is 11.8 Å². The van der Waals surface area contributed by atoms with Crippen LogP contribution in [-0.2, 0) is 17.1 Å². The van der Waals surface area contributed by atoms with Crippen molar-refractivity contribution in [2.45, 2.75) is 24.4 Å². The molecular formula is C20H19FO3S. The van der Waals surface area contributed by atoms with Crippen LogP contribution in [0.5, 0.6) is 0 Å². The van der Waals surface area contributed by atoms with Crippen LogP contribution in [0.1, 0.15) is 16.7 Å². The Morgan fingerprint density at radius 3 is 2.56 bits per heavy atom. The third-order valence-corrected chi connectivity index (χ3v) is 4.99. The Bertz CT molecular complexity index is 903. The Kier molecular flexibility index (Phi) is 5.89. The highest BCUT2D eigenvalue weighted by Crippen LogP contribution is 2.27. The summed E-state index contributed by atoms with van der Waals surface area (Å²) in [5, 5.41) is 1.26. The topological polar surface area (TPSA) is 39.4 Å².